The third-order valence-corrected chi connectivity index (χ3v) is 2.94. The molecule has 0 bridgehead atoms. The summed E-state index contributed by atoms with van der Waals surface area (Å²) in [6, 6.07) is 0.116. The minimum absolute atomic E-state index is 0.0598. The minimum atomic E-state index is -0.237. The van der Waals surface area contributed by atoms with Crippen molar-refractivity contribution in [3.8, 4) is 0 Å². The molecular weight excluding hydrogens is 170 g/mol. The van der Waals surface area contributed by atoms with E-state index in [0.717, 1.165) is 6.42 Å². The zero-order valence-corrected chi connectivity index (χ0v) is 7.95. The Bertz CT molecular complexity index is 243. The van der Waals surface area contributed by atoms with Crippen LogP contribution in [0.4, 0.5) is 0 Å². The van der Waals surface area contributed by atoms with E-state index in [-0.39, 0.29) is 29.6 Å². The molecule has 1 aliphatic heterocycles. The van der Waals surface area contributed by atoms with E-state index in [1.165, 1.54) is 6.92 Å². The molecule has 0 radical (unpaired) electrons. The first-order chi connectivity index (χ1) is 6.03. The van der Waals surface area contributed by atoms with Crippen molar-refractivity contribution < 1.29 is 14.3 Å². The van der Waals surface area contributed by atoms with Crippen LogP contribution in [0.15, 0.2) is 0 Å². The Kier molecular flexibility index (Phi) is 1.85. The van der Waals surface area contributed by atoms with Crippen LogP contribution in [0.2, 0.25) is 0 Å². The van der Waals surface area contributed by atoms with Gasteiger partial charge in [-0.3, -0.25) is 4.79 Å². The number of fused-ring (bicyclic) bond motifs is 1. The fraction of sp³-hybridized carbons (Fsp3) is 0.889. The SMILES string of the molecule is CC(=O)OCC1(C)CC(N)C2OC21. The lowest BCUT2D eigenvalue weighted by atomic mass is 9.88. The van der Waals surface area contributed by atoms with Crippen molar-refractivity contribution in [3.63, 3.8) is 0 Å². The number of hydrogen-bond acceptors (Lipinski definition) is 4. The van der Waals surface area contributed by atoms with Crippen molar-refractivity contribution >= 4 is 5.97 Å². The molecule has 4 heteroatoms. The predicted octanol–water partition coefficient (Wildman–Crippen LogP) is 0.0542. The van der Waals surface area contributed by atoms with Gasteiger partial charge in [-0.15, -0.1) is 0 Å². The largest absolute Gasteiger partial charge is 0.465 e. The van der Waals surface area contributed by atoms with Crippen molar-refractivity contribution in [1.82, 2.24) is 0 Å². The molecule has 1 heterocycles. The van der Waals surface area contributed by atoms with Crippen LogP contribution in [0, 0.1) is 5.41 Å². The van der Waals surface area contributed by atoms with Gasteiger partial charge in [0, 0.05) is 18.4 Å². The highest BCUT2D eigenvalue weighted by Crippen LogP contribution is 2.50. The minimum Gasteiger partial charge on any atom is -0.465 e. The summed E-state index contributed by atoms with van der Waals surface area (Å²) in [4.78, 5) is 10.7. The van der Waals surface area contributed by atoms with Crippen molar-refractivity contribution in [2.45, 2.75) is 38.5 Å². The van der Waals surface area contributed by atoms with E-state index in [9.17, 15) is 4.79 Å². The van der Waals surface area contributed by atoms with Gasteiger partial charge in [-0.2, -0.15) is 0 Å². The summed E-state index contributed by atoms with van der Waals surface area (Å²) in [5.74, 6) is -0.237. The molecule has 2 fully saturated rings. The normalized spacial score (nSPS) is 47.2. The van der Waals surface area contributed by atoms with Gasteiger partial charge in [0.15, 0.2) is 0 Å². The summed E-state index contributed by atoms with van der Waals surface area (Å²) in [7, 11) is 0. The molecule has 4 unspecified atom stereocenters. The van der Waals surface area contributed by atoms with E-state index >= 15 is 0 Å². The molecule has 0 amide bonds. The maximum absolute atomic E-state index is 10.7. The Morgan fingerprint density at radius 1 is 1.77 bits per heavy atom. The van der Waals surface area contributed by atoms with Gasteiger partial charge in [0.25, 0.3) is 0 Å². The number of epoxide rings is 1. The van der Waals surface area contributed by atoms with Gasteiger partial charge in [-0.05, 0) is 6.42 Å². The highest BCUT2D eigenvalue weighted by Gasteiger charge is 2.62. The summed E-state index contributed by atoms with van der Waals surface area (Å²) in [6.45, 7) is 3.91. The molecule has 0 spiro atoms. The van der Waals surface area contributed by atoms with Gasteiger partial charge >= 0.3 is 5.97 Å². The summed E-state index contributed by atoms with van der Waals surface area (Å²) < 4.78 is 10.4. The molecule has 1 aliphatic carbocycles. The van der Waals surface area contributed by atoms with Crippen LogP contribution in [0.25, 0.3) is 0 Å². The average Bonchev–Trinajstić information content (AvgIpc) is 2.75. The lowest BCUT2D eigenvalue weighted by molar-refractivity contribution is -0.144. The highest BCUT2D eigenvalue weighted by atomic mass is 16.6. The van der Waals surface area contributed by atoms with Crippen LogP contribution >= 0.6 is 0 Å². The van der Waals surface area contributed by atoms with E-state index in [0.29, 0.717) is 6.61 Å². The van der Waals surface area contributed by atoms with Crippen LogP contribution in [0.5, 0.6) is 0 Å². The first-order valence-corrected chi connectivity index (χ1v) is 4.57. The standard InChI is InChI=1S/C9H15NO3/c1-5(11)12-4-9(2)3-6(10)7-8(9)13-7/h6-8H,3-4,10H2,1-2H3. The van der Waals surface area contributed by atoms with Crippen LogP contribution in [0.1, 0.15) is 20.3 Å². The van der Waals surface area contributed by atoms with E-state index in [1.54, 1.807) is 0 Å². The molecule has 0 aromatic rings. The van der Waals surface area contributed by atoms with E-state index in [1.807, 2.05) is 0 Å². The maximum atomic E-state index is 10.7. The number of esters is 1. The zero-order chi connectivity index (χ0) is 9.64. The second-order valence-corrected chi connectivity index (χ2v) is 4.32. The number of ether oxygens (including phenoxy) is 2. The Hall–Kier alpha value is -0.610. The van der Waals surface area contributed by atoms with Crippen LogP contribution in [-0.2, 0) is 14.3 Å². The molecule has 2 aliphatic rings. The van der Waals surface area contributed by atoms with Gasteiger partial charge in [0.1, 0.15) is 0 Å². The fourth-order valence-electron chi connectivity index (χ4n) is 2.19. The third kappa shape index (κ3) is 1.44. The van der Waals surface area contributed by atoms with Gasteiger partial charge in [-0.1, -0.05) is 6.92 Å². The molecule has 0 aromatic carbocycles. The summed E-state index contributed by atoms with van der Waals surface area (Å²) in [6.07, 6.45) is 1.30. The molecule has 4 atom stereocenters. The van der Waals surface area contributed by atoms with E-state index < -0.39 is 0 Å². The molecule has 4 nitrogen and oxygen atoms in total. The highest BCUT2D eigenvalue weighted by molar-refractivity contribution is 5.65. The average molecular weight is 185 g/mol. The van der Waals surface area contributed by atoms with Gasteiger partial charge in [0.2, 0.25) is 0 Å². The van der Waals surface area contributed by atoms with Crippen molar-refractivity contribution in [2.24, 2.45) is 11.1 Å². The Morgan fingerprint density at radius 3 is 2.85 bits per heavy atom. The second-order valence-electron chi connectivity index (χ2n) is 4.32. The van der Waals surface area contributed by atoms with Gasteiger partial charge in [-0.25, -0.2) is 0 Å². The molecule has 2 rings (SSSR count). The van der Waals surface area contributed by atoms with E-state index in [2.05, 4.69) is 6.92 Å². The molecule has 0 aromatic heterocycles. The van der Waals surface area contributed by atoms with Gasteiger partial charge < -0.3 is 15.2 Å². The molecule has 2 N–H and O–H groups in total. The number of carbonyl (C=O) groups is 1. The first-order valence-electron chi connectivity index (χ1n) is 4.57. The monoisotopic (exact) mass is 185 g/mol. The van der Waals surface area contributed by atoms with Crippen molar-refractivity contribution in [3.05, 3.63) is 0 Å². The van der Waals surface area contributed by atoms with Crippen LogP contribution in [-0.4, -0.2) is 30.8 Å². The summed E-state index contributed by atoms with van der Waals surface area (Å²) in [5.41, 5.74) is 5.78. The smallest absolute Gasteiger partial charge is 0.302 e. The number of nitrogens with two attached hydrogens (primary N) is 1. The van der Waals surface area contributed by atoms with Crippen molar-refractivity contribution in [1.29, 1.82) is 0 Å². The zero-order valence-electron chi connectivity index (χ0n) is 7.95. The molecule has 13 heavy (non-hydrogen) atoms. The lowest BCUT2D eigenvalue weighted by Crippen LogP contribution is -2.31. The fourth-order valence-corrected chi connectivity index (χ4v) is 2.19. The third-order valence-electron chi connectivity index (χ3n) is 2.94. The number of carbonyl (C=O) groups excluding carboxylic acids is 1. The molecular formula is C9H15NO3. The van der Waals surface area contributed by atoms with Crippen LogP contribution in [0.3, 0.4) is 0 Å². The topological polar surface area (TPSA) is 64.8 Å². The Labute approximate surface area is 77.4 Å². The number of hydrogen-bond donors (Lipinski definition) is 1. The van der Waals surface area contributed by atoms with E-state index in [4.69, 9.17) is 15.2 Å². The van der Waals surface area contributed by atoms with Crippen LogP contribution < -0.4 is 5.73 Å². The van der Waals surface area contributed by atoms with Gasteiger partial charge in [0.05, 0.1) is 18.8 Å². The summed E-state index contributed by atoms with van der Waals surface area (Å²) >= 11 is 0. The van der Waals surface area contributed by atoms with Crippen molar-refractivity contribution in [2.75, 3.05) is 6.61 Å². The maximum Gasteiger partial charge on any atom is 0.302 e. The molecule has 1 saturated carbocycles. The molecule has 74 valence electrons. The lowest BCUT2D eigenvalue weighted by Gasteiger charge is -2.24. The second kappa shape index (κ2) is 2.69. The quantitative estimate of drug-likeness (QED) is 0.488. The Balaban J connectivity index is 1.94. The molecule has 1 saturated heterocycles. The Morgan fingerprint density at radius 2 is 2.46 bits per heavy atom. The predicted molar refractivity (Wildman–Crippen MR) is 46.0 cm³/mol. The summed E-state index contributed by atoms with van der Waals surface area (Å²) in [5, 5.41) is 0. The first kappa shape index (κ1) is 8.97. The number of rotatable bonds is 2.